The predicted octanol–water partition coefficient (Wildman–Crippen LogP) is 1.90. The summed E-state index contributed by atoms with van der Waals surface area (Å²) in [5, 5.41) is 0. The van der Waals surface area contributed by atoms with Crippen molar-refractivity contribution in [2.24, 2.45) is 0 Å². The largest absolute Gasteiger partial charge is 0.338 e. The summed E-state index contributed by atoms with van der Waals surface area (Å²) in [6.07, 6.45) is 0. The molecule has 0 spiro atoms. The van der Waals surface area contributed by atoms with Gasteiger partial charge in [0.05, 0.1) is 0 Å². The third kappa shape index (κ3) is 1.69. The van der Waals surface area contributed by atoms with Gasteiger partial charge in [-0.3, -0.25) is 0 Å². The Hall–Kier alpha value is -1.18. The van der Waals surface area contributed by atoms with Crippen molar-refractivity contribution in [3.63, 3.8) is 0 Å². The first-order valence-corrected chi connectivity index (χ1v) is 4.41. The van der Waals surface area contributed by atoms with Crippen molar-refractivity contribution in [3.05, 3.63) is 29.3 Å². The maximum atomic E-state index is 12.5. The summed E-state index contributed by atoms with van der Waals surface area (Å²) < 4.78 is 82.1. The molecule has 1 rings (SSSR count). The van der Waals surface area contributed by atoms with Gasteiger partial charge < -0.3 is 0 Å². The molecule has 2 nitrogen and oxygen atoms in total. The first-order chi connectivity index (χ1) is 6.25. The van der Waals surface area contributed by atoms with Crippen molar-refractivity contribution in [2.45, 2.75) is 4.90 Å². The molecular weight excluding hydrogens is 231 g/mol. The van der Waals surface area contributed by atoms with E-state index in [1.54, 1.807) is 0 Å². The van der Waals surface area contributed by atoms with Crippen LogP contribution in [0.4, 0.5) is 21.4 Å². The van der Waals surface area contributed by atoms with Gasteiger partial charge in [0.25, 0.3) is 0 Å². The minimum absolute atomic E-state index is 0.223. The smallest absolute Gasteiger partial charge is 0.204 e. The van der Waals surface area contributed by atoms with Crippen LogP contribution in [0.2, 0.25) is 0 Å². The van der Waals surface area contributed by atoms with E-state index in [-0.39, 0.29) is 6.07 Å². The molecule has 0 amide bonds. The zero-order chi connectivity index (χ0) is 11.1. The standard InChI is InChI=1S/C6HF5O2S/c7-2-1-3(8)5(10)6(4(2)9)14(11,12)13/h1H. The molecule has 0 heterocycles. The predicted molar refractivity (Wildman–Crippen MR) is 34.6 cm³/mol. The highest BCUT2D eigenvalue weighted by atomic mass is 32.3. The van der Waals surface area contributed by atoms with E-state index >= 15 is 0 Å². The third-order valence-electron chi connectivity index (χ3n) is 1.32. The number of rotatable bonds is 1. The lowest BCUT2D eigenvalue weighted by molar-refractivity contribution is 0.414. The molecule has 0 saturated heterocycles. The second-order valence-corrected chi connectivity index (χ2v) is 3.52. The highest BCUT2D eigenvalue weighted by Gasteiger charge is 2.29. The van der Waals surface area contributed by atoms with E-state index in [0.717, 1.165) is 0 Å². The summed E-state index contributed by atoms with van der Waals surface area (Å²) in [6, 6.07) is -0.223. The van der Waals surface area contributed by atoms with Crippen molar-refractivity contribution < 1.29 is 29.9 Å². The monoisotopic (exact) mass is 232 g/mol. The van der Waals surface area contributed by atoms with Crippen LogP contribution in [0.15, 0.2) is 11.0 Å². The molecule has 0 bridgehead atoms. The number of benzene rings is 1. The molecule has 78 valence electrons. The molecule has 0 unspecified atom stereocenters. The van der Waals surface area contributed by atoms with Crippen LogP contribution in [0.1, 0.15) is 0 Å². The van der Waals surface area contributed by atoms with E-state index < -0.39 is 38.4 Å². The summed E-state index contributed by atoms with van der Waals surface area (Å²) in [5.41, 5.74) is 0. The molecule has 0 fully saturated rings. The van der Waals surface area contributed by atoms with E-state index in [4.69, 9.17) is 0 Å². The molecule has 0 aliphatic carbocycles. The zero-order valence-corrected chi connectivity index (χ0v) is 7.01. The van der Waals surface area contributed by atoms with E-state index in [9.17, 15) is 29.9 Å². The molecule has 1 aromatic carbocycles. The lowest BCUT2D eigenvalue weighted by Crippen LogP contribution is -2.05. The van der Waals surface area contributed by atoms with E-state index in [1.807, 2.05) is 0 Å². The van der Waals surface area contributed by atoms with Crippen LogP contribution >= 0.6 is 0 Å². The molecule has 0 aliphatic heterocycles. The minimum Gasteiger partial charge on any atom is -0.204 e. The Labute approximate surface area is 75.2 Å². The minimum atomic E-state index is -5.84. The summed E-state index contributed by atoms with van der Waals surface area (Å²) in [6.45, 7) is 0. The first-order valence-electron chi connectivity index (χ1n) is 3.03. The van der Waals surface area contributed by atoms with Crippen LogP contribution in [0.3, 0.4) is 0 Å². The van der Waals surface area contributed by atoms with Gasteiger partial charge in [-0.1, -0.05) is 0 Å². The van der Waals surface area contributed by atoms with Gasteiger partial charge in [0, 0.05) is 6.07 Å². The van der Waals surface area contributed by atoms with Crippen molar-refractivity contribution >= 4 is 10.2 Å². The van der Waals surface area contributed by atoms with Gasteiger partial charge in [0.15, 0.2) is 28.2 Å². The third-order valence-corrected chi connectivity index (χ3v) is 2.16. The topological polar surface area (TPSA) is 34.1 Å². The van der Waals surface area contributed by atoms with Crippen molar-refractivity contribution in [1.82, 2.24) is 0 Å². The average molecular weight is 232 g/mol. The van der Waals surface area contributed by atoms with Crippen molar-refractivity contribution in [3.8, 4) is 0 Å². The molecular formula is C6HF5O2S. The highest BCUT2D eigenvalue weighted by molar-refractivity contribution is 7.86. The summed E-state index contributed by atoms with van der Waals surface area (Å²) in [4.78, 5) is -2.25. The lowest BCUT2D eigenvalue weighted by atomic mass is 10.3. The molecule has 1 aromatic rings. The Bertz CT molecular complexity index is 455. The van der Waals surface area contributed by atoms with Crippen LogP contribution in [-0.2, 0) is 10.2 Å². The fourth-order valence-electron chi connectivity index (χ4n) is 0.765. The van der Waals surface area contributed by atoms with Gasteiger partial charge in [-0.2, -0.15) is 8.42 Å². The summed E-state index contributed by atoms with van der Waals surface area (Å²) >= 11 is 0. The molecule has 0 atom stereocenters. The zero-order valence-electron chi connectivity index (χ0n) is 6.19. The van der Waals surface area contributed by atoms with Crippen molar-refractivity contribution in [1.29, 1.82) is 0 Å². The van der Waals surface area contributed by atoms with Crippen LogP contribution in [0.25, 0.3) is 0 Å². The van der Waals surface area contributed by atoms with E-state index in [1.165, 1.54) is 0 Å². The van der Waals surface area contributed by atoms with Crippen LogP contribution < -0.4 is 0 Å². The second-order valence-electron chi connectivity index (χ2n) is 2.24. The summed E-state index contributed by atoms with van der Waals surface area (Å²) in [7, 11) is -5.84. The Morgan fingerprint density at radius 3 is 1.57 bits per heavy atom. The average Bonchev–Trinajstić information content (AvgIpc) is 1.98. The Morgan fingerprint density at radius 1 is 0.929 bits per heavy atom. The normalized spacial score (nSPS) is 11.8. The highest BCUT2D eigenvalue weighted by Crippen LogP contribution is 2.24. The molecule has 0 aromatic heterocycles. The fraction of sp³-hybridized carbons (Fsp3) is 0. The Morgan fingerprint density at radius 2 is 1.29 bits per heavy atom. The quantitative estimate of drug-likeness (QED) is 0.421. The maximum absolute atomic E-state index is 12.5. The van der Waals surface area contributed by atoms with Crippen LogP contribution in [-0.4, -0.2) is 8.42 Å². The molecule has 0 radical (unpaired) electrons. The number of hydrogen-bond donors (Lipinski definition) is 0. The van der Waals surface area contributed by atoms with Gasteiger partial charge in [0.2, 0.25) is 0 Å². The SMILES string of the molecule is O=S(=O)(F)c1c(F)c(F)cc(F)c1F. The molecule has 0 aliphatic rings. The molecule has 0 N–H and O–H groups in total. The number of halogens is 5. The van der Waals surface area contributed by atoms with Gasteiger partial charge in [-0.15, -0.1) is 3.89 Å². The van der Waals surface area contributed by atoms with Crippen molar-refractivity contribution in [2.75, 3.05) is 0 Å². The fourth-order valence-corrected chi connectivity index (χ4v) is 1.39. The summed E-state index contributed by atoms with van der Waals surface area (Å²) in [5.74, 6) is -8.54. The molecule has 8 heteroatoms. The maximum Gasteiger partial charge on any atom is 0.338 e. The van der Waals surface area contributed by atoms with Gasteiger partial charge in [-0.25, -0.2) is 17.6 Å². The van der Waals surface area contributed by atoms with Gasteiger partial charge in [-0.05, 0) is 0 Å². The Kier molecular flexibility index (Phi) is 2.49. The first kappa shape index (κ1) is 10.9. The second kappa shape index (κ2) is 3.19. The van der Waals surface area contributed by atoms with Gasteiger partial charge in [0.1, 0.15) is 0 Å². The van der Waals surface area contributed by atoms with Crippen LogP contribution in [0, 0.1) is 23.3 Å². The molecule has 0 saturated carbocycles. The number of hydrogen-bond acceptors (Lipinski definition) is 2. The Balaban J connectivity index is 3.74. The van der Waals surface area contributed by atoms with E-state index in [2.05, 4.69) is 0 Å². The van der Waals surface area contributed by atoms with Gasteiger partial charge >= 0.3 is 10.2 Å². The van der Waals surface area contributed by atoms with Crippen LogP contribution in [0.5, 0.6) is 0 Å². The molecule has 14 heavy (non-hydrogen) atoms. The van der Waals surface area contributed by atoms with E-state index in [0.29, 0.717) is 0 Å². The lowest BCUT2D eigenvalue weighted by Gasteiger charge is -2.01.